The number of primary amides is 1. The fourth-order valence-electron chi connectivity index (χ4n) is 2.55. The maximum atomic E-state index is 13.2. The third-order valence-electron chi connectivity index (χ3n) is 3.63. The van der Waals surface area contributed by atoms with Gasteiger partial charge in [0, 0.05) is 17.0 Å². The van der Waals surface area contributed by atoms with Gasteiger partial charge in [-0.1, -0.05) is 25.4 Å². The highest BCUT2D eigenvalue weighted by Crippen LogP contribution is 2.43. The summed E-state index contributed by atoms with van der Waals surface area (Å²) in [5.74, 6) is 1.06. The maximum absolute atomic E-state index is 13.2. The summed E-state index contributed by atoms with van der Waals surface area (Å²) in [6.07, 6.45) is -1.59. The maximum Gasteiger partial charge on any atom is 0.418 e. The van der Waals surface area contributed by atoms with E-state index in [9.17, 15) is 23.1 Å². The van der Waals surface area contributed by atoms with Crippen LogP contribution < -0.4 is 5.73 Å². The Bertz CT molecular complexity index is 650. The van der Waals surface area contributed by atoms with Crippen molar-refractivity contribution >= 4 is 17.5 Å². The molecule has 0 fully saturated rings. The molecule has 0 aromatic heterocycles. The first-order valence-corrected chi connectivity index (χ1v) is 7.04. The number of hydrogen-bond acceptors (Lipinski definition) is 2. The number of hydrogen-bond donors (Lipinski definition) is 2. The number of halogens is 4. The predicted molar refractivity (Wildman–Crippen MR) is 82.1 cm³/mol. The average Bonchev–Trinajstić information content (AvgIpc) is 2.36. The molecule has 1 aromatic carbocycles. The average molecular weight is 348 g/mol. The van der Waals surface area contributed by atoms with E-state index in [1.807, 2.05) is 5.92 Å². The van der Waals surface area contributed by atoms with E-state index in [4.69, 9.17) is 23.8 Å². The fraction of sp³-hybridized carbons (Fsp3) is 0.438. The molecule has 1 amide bonds. The van der Waals surface area contributed by atoms with Gasteiger partial charge in [-0.15, -0.1) is 12.3 Å². The van der Waals surface area contributed by atoms with Crippen LogP contribution in [0.1, 0.15) is 42.6 Å². The lowest BCUT2D eigenvalue weighted by atomic mass is 9.72. The van der Waals surface area contributed by atoms with Crippen LogP contribution in [0.4, 0.5) is 13.2 Å². The molecule has 0 spiro atoms. The van der Waals surface area contributed by atoms with Crippen molar-refractivity contribution < 1.29 is 23.1 Å². The Morgan fingerprint density at radius 1 is 1.39 bits per heavy atom. The molecular weight excluding hydrogens is 331 g/mol. The molecule has 0 aliphatic carbocycles. The van der Waals surface area contributed by atoms with Gasteiger partial charge >= 0.3 is 6.18 Å². The summed E-state index contributed by atoms with van der Waals surface area (Å²) in [5.41, 5.74) is 1.20. The second-order valence-electron chi connectivity index (χ2n) is 6.03. The van der Waals surface area contributed by atoms with Crippen molar-refractivity contribution in [3.63, 3.8) is 0 Å². The molecule has 1 aromatic rings. The zero-order chi connectivity index (χ0) is 18.1. The summed E-state index contributed by atoms with van der Waals surface area (Å²) < 4.78 is 39.6. The molecule has 1 unspecified atom stereocenters. The van der Waals surface area contributed by atoms with Crippen LogP contribution in [-0.2, 0) is 5.41 Å². The van der Waals surface area contributed by atoms with Crippen molar-refractivity contribution in [1.82, 2.24) is 0 Å². The molecule has 0 saturated heterocycles. The Kier molecular flexibility index (Phi) is 5.40. The van der Waals surface area contributed by atoms with Crippen LogP contribution in [-0.4, -0.2) is 22.8 Å². The minimum atomic E-state index is -4.91. The van der Waals surface area contributed by atoms with Crippen molar-refractivity contribution in [1.29, 1.82) is 0 Å². The molecule has 3 nitrogen and oxygen atoms in total. The van der Waals surface area contributed by atoms with E-state index in [1.165, 1.54) is 32.0 Å². The number of amides is 1. The molecule has 126 valence electrons. The van der Waals surface area contributed by atoms with Crippen LogP contribution in [0, 0.1) is 12.3 Å². The van der Waals surface area contributed by atoms with Crippen LogP contribution in [0.15, 0.2) is 18.2 Å². The Morgan fingerprint density at radius 2 is 1.96 bits per heavy atom. The van der Waals surface area contributed by atoms with Crippen molar-refractivity contribution in [2.45, 2.75) is 43.9 Å². The van der Waals surface area contributed by atoms with E-state index in [0.29, 0.717) is 0 Å². The van der Waals surface area contributed by atoms with E-state index in [1.54, 1.807) is 0 Å². The van der Waals surface area contributed by atoms with Gasteiger partial charge in [-0.2, -0.15) is 13.2 Å². The third-order valence-corrected chi connectivity index (χ3v) is 3.87. The van der Waals surface area contributed by atoms with Crippen molar-refractivity contribution in [2.75, 3.05) is 0 Å². The number of carbonyl (C=O) groups is 1. The molecule has 1 rings (SSSR count). The summed E-state index contributed by atoms with van der Waals surface area (Å²) in [7, 11) is 0. The highest BCUT2D eigenvalue weighted by molar-refractivity contribution is 6.30. The van der Waals surface area contributed by atoms with Gasteiger partial charge in [0.1, 0.15) is 0 Å². The van der Waals surface area contributed by atoms with Crippen LogP contribution in [0.25, 0.3) is 0 Å². The Balaban J connectivity index is 3.39. The van der Waals surface area contributed by atoms with Gasteiger partial charge < -0.3 is 10.8 Å². The summed E-state index contributed by atoms with van der Waals surface area (Å²) in [6, 6.07) is 4.13. The number of alkyl halides is 3. The van der Waals surface area contributed by atoms with Gasteiger partial charge in [0.2, 0.25) is 5.91 Å². The first-order chi connectivity index (χ1) is 10.3. The smallest absolute Gasteiger partial charge is 0.380 e. The zero-order valence-corrected chi connectivity index (χ0v) is 13.4. The number of rotatable bonds is 5. The minimum Gasteiger partial charge on any atom is -0.380 e. The Hall–Kier alpha value is -1.71. The lowest BCUT2D eigenvalue weighted by Gasteiger charge is -2.37. The topological polar surface area (TPSA) is 63.3 Å². The van der Waals surface area contributed by atoms with Crippen LogP contribution in [0.2, 0.25) is 5.02 Å². The molecule has 0 radical (unpaired) electrons. The standard InChI is InChI=1S/C16H17ClF3NO2/c1-4-7-15(23,16(18,19)20)9-14(2,3)12-8-10(17)5-6-11(12)13(21)22/h1,5-6,8,23H,7,9H2,2-3H3,(H2,21,22). The molecule has 0 aliphatic heterocycles. The van der Waals surface area contributed by atoms with Gasteiger partial charge in [0.15, 0.2) is 5.60 Å². The van der Waals surface area contributed by atoms with Crippen molar-refractivity contribution in [3.8, 4) is 12.3 Å². The second kappa shape index (κ2) is 6.42. The monoisotopic (exact) mass is 347 g/mol. The summed E-state index contributed by atoms with van der Waals surface area (Å²) in [5, 5.41) is 10.3. The SMILES string of the molecule is C#CCC(O)(CC(C)(C)c1cc(Cl)ccc1C(N)=O)C(F)(F)F. The largest absolute Gasteiger partial charge is 0.418 e. The Morgan fingerprint density at radius 3 is 2.39 bits per heavy atom. The molecule has 23 heavy (non-hydrogen) atoms. The first kappa shape index (κ1) is 19.3. The van der Waals surface area contributed by atoms with E-state index in [0.717, 1.165) is 0 Å². The lowest BCUT2D eigenvalue weighted by molar-refractivity contribution is -0.264. The normalized spacial score (nSPS) is 14.9. The van der Waals surface area contributed by atoms with Gasteiger partial charge in [0.25, 0.3) is 0 Å². The fourth-order valence-corrected chi connectivity index (χ4v) is 2.72. The van der Waals surface area contributed by atoms with Crippen LogP contribution >= 0.6 is 11.6 Å². The molecule has 3 N–H and O–H groups in total. The molecule has 1 atom stereocenters. The molecule has 7 heteroatoms. The molecule has 0 bridgehead atoms. The number of aliphatic hydroxyl groups is 1. The number of benzene rings is 1. The Labute approximate surface area is 137 Å². The second-order valence-corrected chi connectivity index (χ2v) is 6.46. The summed E-state index contributed by atoms with van der Waals surface area (Å²) >= 11 is 5.88. The van der Waals surface area contributed by atoms with Crippen molar-refractivity contribution in [2.24, 2.45) is 5.73 Å². The predicted octanol–water partition coefficient (Wildman–Crippen LogP) is 3.42. The van der Waals surface area contributed by atoms with Gasteiger partial charge in [0.05, 0.1) is 0 Å². The third kappa shape index (κ3) is 4.18. The van der Waals surface area contributed by atoms with Crippen LogP contribution in [0.5, 0.6) is 0 Å². The summed E-state index contributed by atoms with van der Waals surface area (Å²) in [4.78, 5) is 11.5. The molecule has 0 saturated carbocycles. The van der Waals surface area contributed by atoms with Gasteiger partial charge in [-0.25, -0.2) is 0 Å². The number of nitrogens with two attached hydrogens (primary N) is 1. The van der Waals surface area contributed by atoms with Gasteiger partial charge in [-0.3, -0.25) is 4.79 Å². The molecular formula is C16H17ClF3NO2. The van der Waals surface area contributed by atoms with E-state index in [-0.39, 0.29) is 16.1 Å². The van der Waals surface area contributed by atoms with Gasteiger partial charge in [-0.05, 0) is 35.6 Å². The highest BCUT2D eigenvalue weighted by atomic mass is 35.5. The quantitative estimate of drug-likeness (QED) is 0.802. The van der Waals surface area contributed by atoms with E-state index < -0.39 is 35.9 Å². The number of terminal acetylenes is 1. The van der Waals surface area contributed by atoms with Crippen LogP contribution in [0.3, 0.4) is 0 Å². The van der Waals surface area contributed by atoms with Crippen molar-refractivity contribution in [3.05, 3.63) is 34.3 Å². The summed E-state index contributed by atoms with van der Waals surface area (Å²) in [6.45, 7) is 2.91. The lowest BCUT2D eigenvalue weighted by Crippen LogP contribution is -2.49. The van der Waals surface area contributed by atoms with E-state index in [2.05, 4.69) is 0 Å². The molecule has 0 heterocycles. The van der Waals surface area contributed by atoms with E-state index >= 15 is 0 Å². The minimum absolute atomic E-state index is 0.0460. The highest BCUT2D eigenvalue weighted by Gasteiger charge is 2.55. The molecule has 0 aliphatic rings. The first-order valence-electron chi connectivity index (χ1n) is 6.66. The zero-order valence-electron chi connectivity index (χ0n) is 12.7. The number of carbonyl (C=O) groups excluding carboxylic acids is 1.